The third-order valence-corrected chi connectivity index (χ3v) is 3.46. The van der Waals surface area contributed by atoms with Crippen molar-refractivity contribution < 1.29 is 4.79 Å². The maximum absolute atomic E-state index is 12.6. The lowest BCUT2D eigenvalue weighted by Crippen LogP contribution is -2.06. The molecule has 0 atom stereocenters. The molecule has 1 aromatic heterocycles. The molecule has 0 fully saturated rings. The second-order valence-corrected chi connectivity index (χ2v) is 5.04. The van der Waals surface area contributed by atoms with Gasteiger partial charge in [0.05, 0.1) is 5.52 Å². The Kier molecular flexibility index (Phi) is 3.07. The molecular formula is C18H15NO. The number of aromatic nitrogens is 1. The Morgan fingerprint density at radius 2 is 1.75 bits per heavy atom. The van der Waals surface area contributed by atoms with Gasteiger partial charge in [-0.2, -0.15) is 0 Å². The van der Waals surface area contributed by atoms with Crippen LogP contribution in [0.1, 0.15) is 27.2 Å². The Morgan fingerprint density at radius 3 is 2.55 bits per heavy atom. The Balaban J connectivity index is 2.08. The number of fused-ring (bicyclic) bond motifs is 1. The highest BCUT2D eigenvalue weighted by molar-refractivity contribution is 6.09. The molecule has 0 bridgehead atoms. The molecule has 0 spiro atoms. The minimum Gasteiger partial charge on any atom is -0.287 e. The van der Waals surface area contributed by atoms with Gasteiger partial charge in [0, 0.05) is 10.9 Å². The summed E-state index contributed by atoms with van der Waals surface area (Å²) >= 11 is 0. The number of hydrogen-bond acceptors (Lipinski definition) is 2. The highest BCUT2D eigenvalue weighted by atomic mass is 16.1. The van der Waals surface area contributed by atoms with Crippen LogP contribution in [0.3, 0.4) is 0 Å². The molecule has 0 aliphatic heterocycles. The van der Waals surface area contributed by atoms with Crippen molar-refractivity contribution in [2.45, 2.75) is 13.8 Å². The zero-order chi connectivity index (χ0) is 14.1. The van der Waals surface area contributed by atoms with Crippen molar-refractivity contribution in [2.75, 3.05) is 0 Å². The van der Waals surface area contributed by atoms with Crippen LogP contribution in [0.5, 0.6) is 0 Å². The number of aryl methyl sites for hydroxylation is 2. The summed E-state index contributed by atoms with van der Waals surface area (Å²) in [6.07, 6.45) is 0. The van der Waals surface area contributed by atoms with E-state index in [2.05, 4.69) is 4.98 Å². The fraction of sp³-hybridized carbons (Fsp3) is 0.111. The third kappa shape index (κ3) is 2.21. The summed E-state index contributed by atoms with van der Waals surface area (Å²) in [5, 5.41) is 1.05. The number of nitrogens with zero attached hydrogens (tertiary/aromatic N) is 1. The first kappa shape index (κ1) is 12.5. The van der Waals surface area contributed by atoms with Crippen LogP contribution in [-0.2, 0) is 0 Å². The van der Waals surface area contributed by atoms with E-state index in [4.69, 9.17) is 0 Å². The van der Waals surface area contributed by atoms with E-state index in [0.717, 1.165) is 27.6 Å². The van der Waals surface area contributed by atoms with Gasteiger partial charge in [-0.3, -0.25) is 4.79 Å². The number of ketones is 1. The molecule has 20 heavy (non-hydrogen) atoms. The number of carbonyl (C=O) groups excluding carboxylic acids is 1. The highest BCUT2D eigenvalue weighted by Crippen LogP contribution is 2.17. The van der Waals surface area contributed by atoms with Crippen molar-refractivity contribution >= 4 is 16.7 Å². The van der Waals surface area contributed by atoms with Crippen LogP contribution in [0, 0.1) is 13.8 Å². The summed E-state index contributed by atoms with van der Waals surface area (Å²) in [7, 11) is 0. The van der Waals surface area contributed by atoms with Gasteiger partial charge in [0.15, 0.2) is 0 Å². The van der Waals surface area contributed by atoms with Crippen LogP contribution in [-0.4, -0.2) is 10.8 Å². The number of hydrogen-bond donors (Lipinski definition) is 0. The Hall–Kier alpha value is -2.48. The molecular weight excluding hydrogens is 246 g/mol. The lowest BCUT2D eigenvalue weighted by atomic mass is 10.00. The van der Waals surface area contributed by atoms with Gasteiger partial charge in [-0.1, -0.05) is 48.0 Å². The molecule has 2 nitrogen and oxygen atoms in total. The molecule has 98 valence electrons. The molecule has 3 rings (SSSR count). The highest BCUT2D eigenvalue weighted by Gasteiger charge is 2.13. The topological polar surface area (TPSA) is 30.0 Å². The van der Waals surface area contributed by atoms with Crippen molar-refractivity contribution in [2.24, 2.45) is 0 Å². The van der Waals surface area contributed by atoms with Crippen LogP contribution in [0.25, 0.3) is 10.9 Å². The molecule has 0 amide bonds. The van der Waals surface area contributed by atoms with E-state index in [1.165, 1.54) is 0 Å². The van der Waals surface area contributed by atoms with Crippen LogP contribution >= 0.6 is 0 Å². The van der Waals surface area contributed by atoms with Crippen LogP contribution in [0.2, 0.25) is 0 Å². The summed E-state index contributed by atoms with van der Waals surface area (Å²) < 4.78 is 0. The summed E-state index contributed by atoms with van der Waals surface area (Å²) in [4.78, 5) is 17.0. The second-order valence-electron chi connectivity index (χ2n) is 5.04. The van der Waals surface area contributed by atoms with E-state index < -0.39 is 0 Å². The minimum absolute atomic E-state index is 0.0201. The molecule has 0 unspecified atom stereocenters. The van der Waals surface area contributed by atoms with Crippen LogP contribution < -0.4 is 0 Å². The Labute approximate surface area is 118 Å². The van der Waals surface area contributed by atoms with E-state index in [0.29, 0.717) is 5.69 Å². The predicted octanol–water partition coefficient (Wildman–Crippen LogP) is 4.08. The summed E-state index contributed by atoms with van der Waals surface area (Å²) in [5.74, 6) is -0.0201. The van der Waals surface area contributed by atoms with Gasteiger partial charge < -0.3 is 0 Å². The molecule has 0 aliphatic carbocycles. The number of carbonyl (C=O) groups is 1. The van der Waals surface area contributed by atoms with E-state index in [9.17, 15) is 4.79 Å². The Morgan fingerprint density at radius 1 is 0.950 bits per heavy atom. The van der Waals surface area contributed by atoms with Crippen molar-refractivity contribution in [3.63, 3.8) is 0 Å². The van der Waals surface area contributed by atoms with E-state index >= 15 is 0 Å². The maximum Gasteiger partial charge on any atom is 0.211 e. The minimum atomic E-state index is -0.0201. The van der Waals surface area contributed by atoms with E-state index in [1.807, 2.05) is 62.4 Å². The normalized spacial score (nSPS) is 10.7. The average Bonchev–Trinajstić information content (AvgIpc) is 2.46. The van der Waals surface area contributed by atoms with Crippen molar-refractivity contribution in [1.29, 1.82) is 0 Å². The first-order valence-corrected chi connectivity index (χ1v) is 6.63. The quantitative estimate of drug-likeness (QED) is 0.650. The fourth-order valence-corrected chi connectivity index (χ4v) is 2.40. The predicted molar refractivity (Wildman–Crippen MR) is 81.1 cm³/mol. The Bertz CT molecular complexity index is 805. The monoisotopic (exact) mass is 261 g/mol. The molecule has 1 heterocycles. The first-order chi connectivity index (χ1) is 9.65. The molecule has 2 aromatic carbocycles. The van der Waals surface area contributed by atoms with Gasteiger partial charge in [-0.25, -0.2) is 4.98 Å². The zero-order valence-corrected chi connectivity index (χ0v) is 11.6. The van der Waals surface area contributed by atoms with Gasteiger partial charge in [-0.15, -0.1) is 0 Å². The van der Waals surface area contributed by atoms with Gasteiger partial charge in [0.2, 0.25) is 5.78 Å². The molecule has 0 radical (unpaired) electrons. The molecule has 0 aliphatic rings. The zero-order valence-electron chi connectivity index (χ0n) is 11.6. The largest absolute Gasteiger partial charge is 0.287 e. The van der Waals surface area contributed by atoms with E-state index in [-0.39, 0.29) is 5.78 Å². The summed E-state index contributed by atoms with van der Waals surface area (Å²) in [5.41, 5.74) is 4.22. The van der Waals surface area contributed by atoms with Crippen LogP contribution in [0.4, 0.5) is 0 Å². The van der Waals surface area contributed by atoms with Gasteiger partial charge in [0.1, 0.15) is 5.69 Å². The average molecular weight is 261 g/mol. The fourth-order valence-electron chi connectivity index (χ4n) is 2.40. The summed E-state index contributed by atoms with van der Waals surface area (Å²) in [6.45, 7) is 3.98. The van der Waals surface area contributed by atoms with Crippen LogP contribution in [0.15, 0.2) is 54.6 Å². The van der Waals surface area contributed by atoms with Gasteiger partial charge in [0.25, 0.3) is 0 Å². The SMILES string of the molecule is Cc1ccc(C(=O)c2ccc3ccccc3n2)c(C)c1. The number of para-hydroxylation sites is 1. The lowest BCUT2D eigenvalue weighted by molar-refractivity contribution is 0.103. The molecule has 2 heteroatoms. The second kappa shape index (κ2) is 4.89. The molecule has 0 N–H and O–H groups in total. The van der Waals surface area contributed by atoms with Crippen molar-refractivity contribution in [3.8, 4) is 0 Å². The number of rotatable bonds is 2. The standard InChI is InChI=1S/C18H15NO/c1-12-7-9-15(13(2)11-12)18(20)17-10-8-14-5-3-4-6-16(14)19-17/h3-11H,1-2H3. The first-order valence-electron chi connectivity index (χ1n) is 6.63. The number of pyridine rings is 1. The molecule has 3 aromatic rings. The molecule has 0 saturated heterocycles. The maximum atomic E-state index is 12.6. The summed E-state index contributed by atoms with van der Waals surface area (Å²) in [6, 6.07) is 17.4. The van der Waals surface area contributed by atoms with Crippen molar-refractivity contribution in [3.05, 3.63) is 77.0 Å². The smallest absolute Gasteiger partial charge is 0.211 e. The van der Waals surface area contributed by atoms with E-state index in [1.54, 1.807) is 6.07 Å². The van der Waals surface area contributed by atoms with Gasteiger partial charge >= 0.3 is 0 Å². The lowest BCUT2D eigenvalue weighted by Gasteiger charge is -2.06. The van der Waals surface area contributed by atoms with Crippen molar-refractivity contribution in [1.82, 2.24) is 4.98 Å². The molecule has 0 saturated carbocycles. The van der Waals surface area contributed by atoms with Gasteiger partial charge in [-0.05, 0) is 31.5 Å². The number of benzene rings is 2. The third-order valence-electron chi connectivity index (χ3n) is 3.46.